The fourth-order valence-corrected chi connectivity index (χ4v) is 2.87. The molecule has 0 atom stereocenters. The number of ketones is 1. The van der Waals surface area contributed by atoms with E-state index in [9.17, 15) is 18.0 Å². The Labute approximate surface area is 122 Å². The van der Waals surface area contributed by atoms with E-state index in [1.165, 1.54) is 24.3 Å². The van der Waals surface area contributed by atoms with Crippen molar-refractivity contribution in [1.82, 2.24) is 0 Å². The number of halogens is 1. The zero-order chi connectivity index (χ0) is 15.2. The minimum Gasteiger partial charge on any atom is -0.466 e. The molecule has 0 saturated heterocycles. The van der Waals surface area contributed by atoms with Gasteiger partial charge in [0, 0.05) is 5.56 Å². The van der Waals surface area contributed by atoms with Gasteiger partial charge in [0.2, 0.25) is 0 Å². The molecule has 0 aliphatic rings. The molecule has 0 saturated carbocycles. The van der Waals surface area contributed by atoms with Crippen molar-refractivity contribution in [3.63, 3.8) is 0 Å². The summed E-state index contributed by atoms with van der Waals surface area (Å²) < 4.78 is 28.6. The number of ether oxygens (including phenoxy) is 1. The summed E-state index contributed by atoms with van der Waals surface area (Å²) in [6.07, 6.45) is -0.196. The van der Waals surface area contributed by atoms with Crippen molar-refractivity contribution in [2.24, 2.45) is 0 Å². The van der Waals surface area contributed by atoms with E-state index in [2.05, 4.69) is 4.74 Å². The van der Waals surface area contributed by atoms with Crippen molar-refractivity contribution in [1.29, 1.82) is 0 Å². The van der Waals surface area contributed by atoms with Crippen molar-refractivity contribution in [2.75, 3.05) is 18.2 Å². The van der Waals surface area contributed by atoms with Crippen LogP contribution in [0, 0.1) is 0 Å². The van der Waals surface area contributed by atoms with Gasteiger partial charge in [0.15, 0.2) is 15.6 Å². The molecule has 0 aliphatic heterocycles. The summed E-state index contributed by atoms with van der Waals surface area (Å²) in [5.41, 5.74) is 0.351. The van der Waals surface area contributed by atoms with Crippen LogP contribution in [-0.4, -0.2) is 38.4 Å². The highest BCUT2D eigenvalue weighted by atomic mass is 35.5. The molecule has 1 rings (SSSR count). The summed E-state index contributed by atoms with van der Waals surface area (Å²) in [5.74, 6) is -1.31. The molecular formula is C13H15ClO5S. The molecule has 0 aromatic heterocycles. The largest absolute Gasteiger partial charge is 0.466 e. The lowest BCUT2D eigenvalue weighted by Crippen LogP contribution is -2.13. The molecule has 0 heterocycles. The molecule has 0 unspecified atom stereocenters. The number of rotatable bonds is 7. The van der Waals surface area contributed by atoms with E-state index in [0.29, 0.717) is 5.56 Å². The Hall–Kier alpha value is -1.40. The van der Waals surface area contributed by atoms with Crippen LogP contribution < -0.4 is 0 Å². The fraction of sp³-hybridized carbons (Fsp3) is 0.385. The second-order valence-corrected chi connectivity index (χ2v) is 6.33. The maximum atomic E-state index is 12.0. The summed E-state index contributed by atoms with van der Waals surface area (Å²) in [7, 11) is -3.57. The van der Waals surface area contributed by atoms with Crippen LogP contribution in [-0.2, 0) is 19.4 Å². The second-order valence-electron chi connectivity index (χ2n) is 3.96. The number of Topliss-reactive ketones (excluding diaryl/α,β-unsaturated/α-hetero) is 1. The minimum absolute atomic E-state index is 0.0629. The monoisotopic (exact) mass is 318 g/mol. The lowest BCUT2D eigenvalue weighted by atomic mass is 10.1. The highest BCUT2D eigenvalue weighted by Gasteiger charge is 2.17. The van der Waals surface area contributed by atoms with Crippen molar-refractivity contribution in [2.45, 2.75) is 18.2 Å². The Morgan fingerprint density at radius 2 is 1.80 bits per heavy atom. The molecule has 0 radical (unpaired) electrons. The zero-order valence-electron chi connectivity index (χ0n) is 11.0. The van der Waals surface area contributed by atoms with Crippen LogP contribution in [0.5, 0.6) is 0 Å². The Bertz CT molecular complexity index is 577. The van der Waals surface area contributed by atoms with Gasteiger partial charge in [-0.25, -0.2) is 8.42 Å². The Morgan fingerprint density at radius 1 is 1.20 bits per heavy atom. The van der Waals surface area contributed by atoms with Gasteiger partial charge in [0.1, 0.15) is 0 Å². The number of hydrogen-bond donors (Lipinski definition) is 0. The molecule has 20 heavy (non-hydrogen) atoms. The van der Waals surface area contributed by atoms with Gasteiger partial charge in [-0.2, -0.15) is 0 Å². The Kier molecular flexibility index (Phi) is 6.16. The summed E-state index contributed by atoms with van der Waals surface area (Å²) >= 11 is 5.41. The van der Waals surface area contributed by atoms with Crippen LogP contribution in [0.4, 0.5) is 0 Å². The molecule has 5 nitrogen and oxygen atoms in total. The summed E-state index contributed by atoms with van der Waals surface area (Å²) in [6.45, 7) is 1.87. The highest BCUT2D eigenvalue weighted by molar-refractivity contribution is 7.91. The van der Waals surface area contributed by atoms with Crippen LogP contribution in [0.25, 0.3) is 0 Å². The Morgan fingerprint density at radius 3 is 2.30 bits per heavy atom. The number of esters is 1. The molecule has 0 N–H and O–H groups in total. The number of carbonyl (C=O) groups excluding carboxylic acids is 2. The molecular weight excluding hydrogens is 304 g/mol. The first-order valence-corrected chi connectivity index (χ1v) is 8.17. The van der Waals surface area contributed by atoms with Crippen LogP contribution in [0.3, 0.4) is 0 Å². The Balaban J connectivity index is 2.78. The van der Waals surface area contributed by atoms with Gasteiger partial charge >= 0.3 is 5.97 Å². The molecule has 110 valence electrons. The van der Waals surface area contributed by atoms with Gasteiger partial charge in [-0.15, -0.1) is 11.6 Å². The van der Waals surface area contributed by atoms with Crippen molar-refractivity contribution in [3.8, 4) is 0 Å². The van der Waals surface area contributed by atoms with Crippen LogP contribution in [0.1, 0.15) is 23.7 Å². The highest BCUT2D eigenvalue weighted by Crippen LogP contribution is 2.14. The third-order valence-electron chi connectivity index (χ3n) is 2.54. The van der Waals surface area contributed by atoms with E-state index >= 15 is 0 Å². The molecule has 0 aliphatic carbocycles. The van der Waals surface area contributed by atoms with Crippen molar-refractivity contribution >= 4 is 33.2 Å². The van der Waals surface area contributed by atoms with Crippen molar-refractivity contribution < 1.29 is 22.7 Å². The third kappa shape index (κ3) is 4.61. The summed E-state index contributed by atoms with van der Waals surface area (Å²) in [4.78, 5) is 22.5. The number of sulfone groups is 1. The quantitative estimate of drug-likeness (QED) is 0.435. The second kappa shape index (κ2) is 7.40. The number of hydrogen-bond acceptors (Lipinski definition) is 5. The van der Waals surface area contributed by atoms with Gasteiger partial charge in [-0.1, -0.05) is 12.1 Å². The number of carbonyl (C=O) groups is 2. The van der Waals surface area contributed by atoms with Crippen LogP contribution in [0.2, 0.25) is 0 Å². The van der Waals surface area contributed by atoms with Gasteiger partial charge < -0.3 is 4.74 Å². The van der Waals surface area contributed by atoms with E-state index in [-0.39, 0.29) is 35.3 Å². The van der Waals surface area contributed by atoms with E-state index in [1.807, 2.05) is 0 Å². The average molecular weight is 319 g/mol. The first-order chi connectivity index (χ1) is 9.40. The first-order valence-electron chi connectivity index (χ1n) is 5.98. The number of alkyl halides is 1. The van der Waals surface area contributed by atoms with Gasteiger partial charge in [0.05, 0.1) is 29.6 Å². The average Bonchev–Trinajstić information content (AvgIpc) is 2.45. The smallest absolute Gasteiger partial charge is 0.306 e. The fourth-order valence-electron chi connectivity index (χ4n) is 1.49. The normalized spacial score (nSPS) is 11.1. The molecule has 7 heteroatoms. The lowest BCUT2D eigenvalue weighted by Gasteiger charge is -2.05. The molecule has 0 spiro atoms. The standard InChI is InChI=1S/C13H15ClO5S/c1-2-19-13(16)7-8-20(17,18)11-5-3-10(4-6-11)12(15)9-14/h3-6H,2,7-9H2,1H3. The minimum atomic E-state index is -3.57. The summed E-state index contributed by atoms with van der Waals surface area (Å²) in [6, 6.07) is 5.48. The van der Waals surface area contributed by atoms with Gasteiger partial charge in [-0.05, 0) is 19.1 Å². The third-order valence-corrected chi connectivity index (χ3v) is 4.51. The van der Waals surface area contributed by atoms with Gasteiger partial charge in [0.25, 0.3) is 0 Å². The van der Waals surface area contributed by atoms with Gasteiger partial charge in [-0.3, -0.25) is 9.59 Å². The predicted octanol–water partition coefficient (Wildman–Crippen LogP) is 1.84. The molecule has 0 bridgehead atoms. The maximum absolute atomic E-state index is 12.0. The van der Waals surface area contributed by atoms with Crippen LogP contribution in [0.15, 0.2) is 29.2 Å². The molecule has 1 aromatic rings. The SMILES string of the molecule is CCOC(=O)CCS(=O)(=O)c1ccc(C(=O)CCl)cc1. The van der Waals surface area contributed by atoms with Crippen molar-refractivity contribution in [3.05, 3.63) is 29.8 Å². The predicted molar refractivity (Wildman–Crippen MR) is 74.8 cm³/mol. The van der Waals surface area contributed by atoms with E-state index < -0.39 is 15.8 Å². The number of benzene rings is 1. The van der Waals surface area contributed by atoms with E-state index in [4.69, 9.17) is 11.6 Å². The van der Waals surface area contributed by atoms with E-state index in [1.54, 1.807) is 6.92 Å². The molecule has 0 amide bonds. The molecule has 0 fully saturated rings. The van der Waals surface area contributed by atoms with Crippen LogP contribution >= 0.6 is 11.6 Å². The van der Waals surface area contributed by atoms with E-state index in [0.717, 1.165) is 0 Å². The molecule has 1 aromatic carbocycles. The summed E-state index contributed by atoms with van der Waals surface area (Å²) in [5, 5.41) is 0. The lowest BCUT2D eigenvalue weighted by molar-refractivity contribution is -0.142. The first kappa shape index (κ1) is 16.7. The zero-order valence-corrected chi connectivity index (χ0v) is 12.5. The maximum Gasteiger partial charge on any atom is 0.306 e. The topological polar surface area (TPSA) is 77.5 Å².